The highest BCUT2D eigenvalue weighted by Crippen LogP contribution is 2.34. The summed E-state index contributed by atoms with van der Waals surface area (Å²) in [5, 5.41) is 0.353. The lowest BCUT2D eigenvalue weighted by Crippen LogP contribution is -2.45. The zero-order chi connectivity index (χ0) is 20.9. The van der Waals surface area contributed by atoms with E-state index in [1.54, 1.807) is 6.92 Å². The topological polar surface area (TPSA) is 68.1 Å². The SMILES string of the molecule is Cc1c(CNNC(C)(C)C)sc2c1c(=O)n(C1CC1)c(=O)n2CCC(F)(F)F. The predicted molar refractivity (Wildman–Crippen MR) is 104 cm³/mol. The Labute approximate surface area is 164 Å². The van der Waals surface area contributed by atoms with Crippen LogP contribution < -0.4 is 22.1 Å². The zero-order valence-electron chi connectivity index (χ0n) is 16.4. The maximum atomic E-state index is 12.9. The van der Waals surface area contributed by atoms with Gasteiger partial charge in [-0.1, -0.05) is 0 Å². The van der Waals surface area contributed by atoms with E-state index in [1.165, 1.54) is 11.3 Å². The van der Waals surface area contributed by atoms with Crippen molar-refractivity contribution in [3.05, 3.63) is 31.3 Å². The highest BCUT2D eigenvalue weighted by Gasteiger charge is 2.32. The molecule has 0 atom stereocenters. The first-order valence-electron chi connectivity index (χ1n) is 9.23. The van der Waals surface area contributed by atoms with Crippen LogP contribution in [0.1, 0.15) is 56.5 Å². The van der Waals surface area contributed by atoms with Crippen molar-refractivity contribution in [2.45, 2.75) is 77.8 Å². The van der Waals surface area contributed by atoms with Crippen LogP contribution in [0.5, 0.6) is 0 Å². The van der Waals surface area contributed by atoms with Gasteiger partial charge in [-0.15, -0.1) is 11.3 Å². The van der Waals surface area contributed by atoms with Crippen LogP contribution in [-0.4, -0.2) is 20.8 Å². The highest BCUT2D eigenvalue weighted by molar-refractivity contribution is 7.18. The molecule has 10 heteroatoms. The van der Waals surface area contributed by atoms with Crippen LogP contribution in [0.2, 0.25) is 0 Å². The molecule has 28 heavy (non-hydrogen) atoms. The minimum atomic E-state index is -4.38. The fraction of sp³-hybridized carbons (Fsp3) is 0.667. The van der Waals surface area contributed by atoms with E-state index < -0.39 is 30.4 Å². The summed E-state index contributed by atoms with van der Waals surface area (Å²) in [5.74, 6) is 0. The van der Waals surface area contributed by atoms with Crippen LogP contribution in [0.25, 0.3) is 10.2 Å². The third-order valence-electron chi connectivity index (χ3n) is 4.59. The first kappa shape index (κ1) is 21.1. The summed E-state index contributed by atoms with van der Waals surface area (Å²) in [6.45, 7) is 7.66. The van der Waals surface area contributed by atoms with E-state index in [4.69, 9.17) is 0 Å². The molecule has 0 unspecified atom stereocenters. The van der Waals surface area contributed by atoms with E-state index >= 15 is 0 Å². The number of alkyl halides is 3. The van der Waals surface area contributed by atoms with Crippen molar-refractivity contribution < 1.29 is 13.2 Å². The largest absolute Gasteiger partial charge is 0.390 e. The molecule has 2 aromatic heterocycles. The third kappa shape index (κ3) is 4.49. The van der Waals surface area contributed by atoms with Crippen molar-refractivity contribution in [2.75, 3.05) is 0 Å². The Bertz CT molecular complexity index is 994. The smallest absolute Gasteiger partial charge is 0.284 e. The molecule has 0 spiro atoms. The number of nitrogens with zero attached hydrogens (tertiary/aromatic N) is 2. The van der Waals surface area contributed by atoms with Gasteiger partial charge in [-0.2, -0.15) is 13.2 Å². The Hall–Kier alpha value is -1.65. The Balaban J connectivity index is 2.08. The minimum absolute atomic E-state index is 0.169. The number of rotatable bonds is 6. The number of aromatic nitrogens is 2. The Kier molecular flexibility index (Phi) is 5.50. The van der Waals surface area contributed by atoms with Crippen molar-refractivity contribution >= 4 is 21.6 Å². The van der Waals surface area contributed by atoms with Gasteiger partial charge in [0.2, 0.25) is 0 Å². The van der Waals surface area contributed by atoms with Gasteiger partial charge in [0.25, 0.3) is 5.56 Å². The van der Waals surface area contributed by atoms with Crippen molar-refractivity contribution in [3.8, 4) is 0 Å². The van der Waals surface area contributed by atoms with Gasteiger partial charge in [0.15, 0.2) is 0 Å². The molecule has 6 nitrogen and oxygen atoms in total. The number of thiophene rings is 1. The highest BCUT2D eigenvalue weighted by atomic mass is 32.1. The normalized spacial score (nSPS) is 15.5. The van der Waals surface area contributed by atoms with Gasteiger partial charge < -0.3 is 0 Å². The molecule has 0 amide bonds. The number of halogens is 3. The summed E-state index contributed by atoms with van der Waals surface area (Å²) >= 11 is 1.20. The maximum absolute atomic E-state index is 12.9. The van der Waals surface area contributed by atoms with E-state index in [9.17, 15) is 22.8 Å². The third-order valence-corrected chi connectivity index (χ3v) is 5.90. The summed E-state index contributed by atoms with van der Waals surface area (Å²) in [4.78, 5) is 26.9. The fourth-order valence-electron chi connectivity index (χ4n) is 3.06. The van der Waals surface area contributed by atoms with Gasteiger partial charge in [-0.25, -0.2) is 4.79 Å². The number of nitrogens with one attached hydrogen (secondary N) is 2. The fourth-order valence-corrected chi connectivity index (χ4v) is 4.31. The molecule has 0 aliphatic heterocycles. The van der Waals surface area contributed by atoms with Crippen LogP contribution in [0.15, 0.2) is 9.59 Å². The van der Waals surface area contributed by atoms with Gasteiger partial charge >= 0.3 is 11.9 Å². The molecule has 2 N–H and O–H groups in total. The number of fused-ring (bicyclic) bond motifs is 1. The van der Waals surface area contributed by atoms with Gasteiger partial charge in [0, 0.05) is 29.5 Å². The molecule has 3 rings (SSSR count). The van der Waals surface area contributed by atoms with Crippen LogP contribution in [-0.2, 0) is 13.1 Å². The van der Waals surface area contributed by atoms with Crippen LogP contribution >= 0.6 is 11.3 Å². The zero-order valence-corrected chi connectivity index (χ0v) is 17.2. The molecular weight excluding hydrogens is 393 g/mol. The van der Waals surface area contributed by atoms with Gasteiger partial charge in [-0.05, 0) is 46.1 Å². The molecule has 2 heterocycles. The van der Waals surface area contributed by atoms with Crippen LogP contribution in [0, 0.1) is 6.92 Å². The minimum Gasteiger partial charge on any atom is -0.284 e. The molecule has 1 saturated carbocycles. The molecule has 0 bridgehead atoms. The summed E-state index contributed by atoms with van der Waals surface area (Å²) in [6.07, 6.45) is -4.08. The number of hydrogen-bond acceptors (Lipinski definition) is 5. The van der Waals surface area contributed by atoms with Crippen LogP contribution in [0.3, 0.4) is 0 Å². The summed E-state index contributed by atoms with van der Waals surface area (Å²) in [6, 6.07) is -0.204. The average Bonchev–Trinajstić information content (AvgIpc) is 3.30. The molecule has 0 saturated heterocycles. The summed E-state index contributed by atoms with van der Waals surface area (Å²) in [5.41, 5.74) is 5.72. The Morgan fingerprint density at radius 3 is 2.36 bits per heavy atom. The molecule has 156 valence electrons. The maximum Gasteiger partial charge on any atom is 0.390 e. The van der Waals surface area contributed by atoms with E-state index in [1.807, 2.05) is 20.8 Å². The molecule has 1 aliphatic carbocycles. The molecule has 2 aromatic rings. The molecular formula is C18H25F3N4O2S. The van der Waals surface area contributed by atoms with Crippen molar-refractivity contribution in [2.24, 2.45) is 0 Å². The van der Waals surface area contributed by atoms with Gasteiger partial charge in [-0.3, -0.25) is 24.8 Å². The van der Waals surface area contributed by atoms with E-state index in [2.05, 4.69) is 10.9 Å². The van der Waals surface area contributed by atoms with E-state index in [-0.39, 0.29) is 11.6 Å². The van der Waals surface area contributed by atoms with Gasteiger partial charge in [0.05, 0.1) is 11.8 Å². The second-order valence-corrected chi connectivity index (χ2v) is 9.35. The Morgan fingerprint density at radius 1 is 1.18 bits per heavy atom. The predicted octanol–water partition coefficient (Wildman–Crippen LogP) is 3.21. The second-order valence-electron chi connectivity index (χ2n) is 8.26. The van der Waals surface area contributed by atoms with Gasteiger partial charge in [0.1, 0.15) is 4.83 Å². The first-order valence-corrected chi connectivity index (χ1v) is 10.0. The molecule has 1 fully saturated rings. The standard InChI is InChI=1S/C18H25F3N4O2S/c1-10-12(9-22-23-17(2,3)4)28-15-13(10)14(26)25(11-5-6-11)16(27)24(15)8-7-18(19,20)21/h11,22-23H,5-9H2,1-4H3. The Morgan fingerprint density at radius 2 is 1.82 bits per heavy atom. The molecule has 0 radical (unpaired) electrons. The van der Waals surface area contributed by atoms with E-state index in [0.717, 1.165) is 14.0 Å². The molecule has 0 aromatic carbocycles. The molecule has 1 aliphatic rings. The van der Waals surface area contributed by atoms with E-state index in [0.29, 0.717) is 35.2 Å². The van der Waals surface area contributed by atoms with Crippen molar-refractivity contribution in [3.63, 3.8) is 0 Å². The number of hydrazine groups is 1. The van der Waals surface area contributed by atoms with Crippen LogP contribution in [0.4, 0.5) is 13.2 Å². The summed E-state index contributed by atoms with van der Waals surface area (Å²) < 4.78 is 40.6. The number of hydrogen-bond donors (Lipinski definition) is 2. The lowest BCUT2D eigenvalue weighted by molar-refractivity contribution is -0.136. The lowest BCUT2D eigenvalue weighted by atomic mass is 10.1. The number of aryl methyl sites for hydroxylation is 2. The summed E-state index contributed by atoms with van der Waals surface area (Å²) in [7, 11) is 0. The quantitative estimate of drug-likeness (QED) is 0.707. The van der Waals surface area contributed by atoms with Crippen molar-refractivity contribution in [1.82, 2.24) is 20.0 Å². The average molecular weight is 418 g/mol. The lowest BCUT2D eigenvalue weighted by Gasteiger charge is -2.20. The monoisotopic (exact) mass is 418 g/mol. The first-order chi connectivity index (χ1) is 12.9. The second kappa shape index (κ2) is 7.31. The van der Waals surface area contributed by atoms with Crippen molar-refractivity contribution in [1.29, 1.82) is 0 Å².